The maximum Gasteiger partial charge on any atom is 0.192 e. The van der Waals surface area contributed by atoms with E-state index in [1.54, 1.807) is 0 Å². The summed E-state index contributed by atoms with van der Waals surface area (Å²) in [5.41, 5.74) is 6.77. The van der Waals surface area contributed by atoms with Crippen LogP contribution in [0.3, 0.4) is 0 Å². The van der Waals surface area contributed by atoms with Gasteiger partial charge in [0.1, 0.15) is 0 Å². The summed E-state index contributed by atoms with van der Waals surface area (Å²) in [4.78, 5) is 31.7. The standard InChI is InChI=1S/C27H26N2O4/c30-26-20-7-3-1-5-18(20)24(28-9-13-32-14-10-28)22(26)17-23-25(29-11-15-33-16-12-29)19-6-2-4-8-21(19)27(23)31/h1-8H,9-17H2. The Morgan fingerprint density at radius 2 is 0.939 bits per heavy atom. The van der Waals surface area contributed by atoms with Gasteiger partial charge >= 0.3 is 0 Å². The summed E-state index contributed by atoms with van der Waals surface area (Å²) in [5.74, 6) is 0.0642. The van der Waals surface area contributed by atoms with E-state index >= 15 is 0 Å². The minimum absolute atomic E-state index is 0.0321. The first-order chi connectivity index (χ1) is 16.2. The molecule has 2 aliphatic carbocycles. The zero-order valence-electron chi connectivity index (χ0n) is 18.5. The van der Waals surface area contributed by atoms with E-state index in [2.05, 4.69) is 9.80 Å². The minimum atomic E-state index is 0.0321. The summed E-state index contributed by atoms with van der Waals surface area (Å²) in [5, 5.41) is 0. The van der Waals surface area contributed by atoms with Crippen LogP contribution in [0, 0.1) is 0 Å². The Balaban J connectivity index is 1.48. The molecule has 33 heavy (non-hydrogen) atoms. The van der Waals surface area contributed by atoms with Gasteiger partial charge in [-0.2, -0.15) is 0 Å². The first-order valence-electron chi connectivity index (χ1n) is 11.6. The Labute approximate surface area is 193 Å². The molecule has 6 heteroatoms. The zero-order chi connectivity index (χ0) is 22.4. The highest BCUT2D eigenvalue weighted by Gasteiger charge is 2.38. The average Bonchev–Trinajstić information content (AvgIpc) is 3.32. The van der Waals surface area contributed by atoms with Gasteiger partial charge in [0.15, 0.2) is 11.6 Å². The predicted octanol–water partition coefficient (Wildman–Crippen LogP) is 3.26. The summed E-state index contributed by atoms with van der Waals surface area (Å²) in [6, 6.07) is 15.6. The number of fused-ring (bicyclic) bond motifs is 2. The number of ketones is 2. The van der Waals surface area contributed by atoms with Crippen LogP contribution in [0.1, 0.15) is 38.3 Å². The van der Waals surface area contributed by atoms with Crippen LogP contribution in [0.4, 0.5) is 0 Å². The number of rotatable bonds is 4. The lowest BCUT2D eigenvalue weighted by Gasteiger charge is -2.32. The second-order valence-electron chi connectivity index (χ2n) is 8.78. The fourth-order valence-electron chi connectivity index (χ4n) is 5.44. The third-order valence-corrected chi connectivity index (χ3v) is 6.98. The number of carbonyl (C=O) groups is 2. The molecule has 168 valence electrons. The maximum absolute atomic E-state index is 13.6. The highest BCUT2D eigenvalue weighted by atomic mass is 16.5. The first-order valence-corrected chi connectivity index (χ1v) is 11.6. The molecule has 0 N–H and O–H groups in total. The molecule has 0 radical (unpaired) electrons. The second-order valence-corrected chi connectivity index (χ2v) is 8.78. The van der Waals surface area contributed by atoms with Gasteiger partial charge in [-0.15, -0.1) is 0 Å². The summed E-state index contributed by atoms with van der Waals surface area (Å²) < 4.78 is 11.1. The van der Waals surface area contributed by atoms with Gasteiger partial charge in [-0.1, -0.05) is 48.5 Å². The topological polar surface area (TPSA) is 59.1 Å². The van der Waals surface area contributed by atoms with E-state index in [-0.39, 0.29) is 11.6 Å². The summed E-state index contributed by atoms with van der Waals surface area (Å²) in [6.45, 7) is 5.51. The average molecular weight is 443 g/mol. The molecule has 2 fully saturated rings. The molecule has 6 nitrogen and oxygen atoms in total. The molecule has 0 amide bonds. The molecule has 0 aromatic heterocycles. The van der Waals surface area contributed by atoms with Gasteiger partial charge in [0.2, 0.25) is 0 Å². The van der Waals surface area contributed by atoms with Crippen LogP contribution in [-0.4, -0.2) is 74.0 Å². The van der Waals surface area contributed by atoms with E-state index in [0.717, 1.165) is 71.0 Å². The number of nitrogens with zero attached hydrogens (tertiary/aromatic N) is 2. The van der Waals surface area contributed by atoms with Gasteiger partial charge in [0.25, 0.3) is 0 Å². The molecule has 2 saturated heterocycles. The second kappa shape index (κ2) is 8.28. The number of hydrogen-bond donors (Lipinski definition) is 0. The van der Waals surface area contributed by atoms with Gasteiger partial charge in [-0.3, -0.25) is 9.59 Å². The lowest BCUT2D eigenvalue weighted by Crippen LogP contribution is -2.35. The number of benzene rings is 2. The quantitative estimate of drug-likeness (QED) is 0.725. The molecule has 2 aliphatic heterocycles. The van der Waals surface area contributed by atoms with Crippen molar-refractivity contribution < 1.29 is 19.1 Å². The van der Waals surface area contributed by atoms with E-state index in [9.17, 15) is 9.59 Å². The monoisotopic (exact) mass is 442 g/mol. The van der Waals surface area contributed by atoms with E-state index in [4.69, 9.17) is 9.47 Å². The van der Waals surface area contributed by atoms with Crippen LogP contribution in [0.25, 0.3) is 11.4 Å². The Bertz CT molecular complexity index is 1110. The highest BCUT2D eigenvalue weighted by Crippen LogP contribution is 2.43. The van der Waals surface area contributed by atoms with Crippen molar-refractivity contribution in [3.05, 3.63) is 81.9 Å². The number of carbonyl (C=O) groups excluding carboxylic acids is 2. The number of hydrogen-bond acceptors (Lipinski definition) is 6. The zero-order valence-corrected chi connectivity index (χ0v) is 18.5. The number of allylic oxidation sites excluding steroid dienone is 2. The molecule has 2 aromatic rings. The van der Waals surface area contributed by atoms with Crippen LogP contribution >= 0.6 is 0 Å². The third-order valence-electron chi connectivity index (χ3n) is 6.98. The smallest absolute Gasteiger partial charge is 0.192 e. The summed E-state index contributed by atoms with van der Waals surface area (Å²) in [7, 11) is 0. The largest absolute Gasteiger partial charge is 0.378 e. The Kier molecular flexibility index (Phi) is 5.12. The normalized spacial score (nSPS) is 20.6. The van der Waals surface area contributed by atoms with Crippen molar-refractivity contribution >= 4 is 23.0 Å². The van der Waals surface area contributed by atoms with Gasteiger partial charge in [-0.25, -0.2) is 0 Å². The molecule has 0 bridgehead atoms. The molecule has 0 saturated carbocycles. The molecule has 2 heterocycles. The lowest BCUT2D eigenvalue weighted by molar-refractivity contribution is 0.0634. The number of Topliss-reactive ketones (excluding diaryl/α,β-unsaturated/α-hetero) is 2. The molecule has 6 rings (SSSR count). The highest BCUT2D eigenvalue weighted by molar-refractivity contribution is 6.24. The number of morpholine rings is 2. The van der Waals surface area contributed by atoms with Crippen molar-refractivity contribution in [2.75, 3.05) is 52.6 Å². The molecule has 0 unspecified atom stereocenters. The molecular weight excluding hydrogens is 416 g/mol. The van der Waals surface area contributed by atoms with E-state index in [1.165, 1.54) is 0 Å². The van der Waals surface area contributed by atoms with E-state index in [1.807, 2.05) is 48.5 Å². The lowest BCUT2D eigenvalue weighted by atomic mass is 9.98. The fraction of sp³-hybridized carbons (Fsp3) is 0.333. The van der Waals surface area contributed by atoms with Crippen molar-refractivity contribution in [1.82, 2.24) is 9.80 Å². The Morgan fingerprint density at radius 3 is 1.33 bits per heavy atom. The van der Waals surface area contributed by atoms with E-state index in [0.29, 0.717) is 32.8 Å². The van der Waals surface area contributed by atoms with Crippen molar-refractivity contribution in [2.45, 2.75) is 6.42 Å². The van der Waals surface area contributed by atoms with Crippen molar-refractivity contribution in [1.29, 1.82) is 0 Å². The first kappa shape index (κ1) is 20.4. The Morgan fingerprint density at radius 1 is 0.576 bits per heavy atom. The van der Waals surface area contributed by atoms with Crippen LogP contribution in [0.5, 0.6) is 0 Å². The fourth-order valence-corrected chi connectivity index (χ4v) is 5.44. The summed E-state index contributed by atoms with van der Waals surface area (Å²) >= 11 is 0. The number of ether oxygens (including phenoxy) is 2. The molecule has 0 atom stereocenters. The van der Waals surface area contributed by atoms with Crippen LogP contribution in [-0.2, 0) is 9.47 Å². The van der Waals surface area contributed by atoms with Crippen LogP contribution in [0.2, 0.25) is 0 Å². The maximum atomic E-state index is 13.6. The molecular formula is C27H26N2O4. The predicted molar refractivity (Wildman–Crippen MR) is 125 cm³/mol. The SMILES string of the molecule is O=C1C(CC2=C(N3CCOCC3)c3ccccc3C2=O)=C(N2CCOCC2)c2ccccc21. The third kappa shape index (κ3) is 3.33. The van der Waals surface area contributed by atoms with Gasteiger partial charge in [0.05, 0.1) is 37.8 Å². The summed E-state index contributed by atoms with van der Waals surface area (Å²) in [6.07, 6.45) is 0.334. The minimum Gasteiger partial charge on any atom is -0.378 e. The van der Waals surface area contributed by atoms with E-state index < -0.39 is 0 Å². The van der Waals surface area contributed by atoms with Crippen molar-refractivity contribution in [3.63, 3.8) is 0 Å². The van der Waals surface area contributed by atoms with Gasteiger partial charge in [-0.05, 0) is 0 Å². The molecule has 2 aromatic carbocycles. The Hall–Kier alpha value is -3.22. The van der Waals surface area contributed by atoms with Crippen molar-refractivity contribution in [2.24, 2.45) is 0 Å². The van der Waals surface area contributed by atoms with Crippen LogP contribution < -0.4 is 0 Å². The van der Waals surface area contributed by atoms with Gasteiger partial charge in [0, 0.05) is 66.0 Å². The van der Waals surface area contributed by atoms with Crippen LogP contribution in [0.15, 0.2) is 59.7 Å². The molecule has 0 spiro atoms. The van der Waals surface area contributed by atoms with Gasteiger partial charge < -0.3 is 19.3 Å². The van der Waals surface area contributed by atoms with Crippen molar-refractivity contribution in [3.8, 4) is 0 Å². The molecule has 4 aliphatic rings.